The number of ether oxygens (including phenoxy) is 1. The van der Waals surface area contributed by atoms with E-state index in [1.54, 1.807) is 7.05 Å². The number of hydrogen-bond donors (Lipinski definition) is 3. The zero-order valence-electron chi connectivity index (χ0n) is 18.3. The van der Waals surface area contributed by atoms with E-state index in [0.717, 1.165) is 44.0 Å². The molecule has 8 heteroatoms. The maximum Gasteiger partial charge on any atom is 0.220 e. The van der Waals surface area contributed by atoms with Crippen molar-refractivity contribution in [3.63, 3.8) is 0 Å². The molecule has 0 aromatic heterocycles. The average Bonchev–Trinajstić information content (AvgIpc) is 2.76. The van der Waals surface area contributed by atoms with Crippen LogP contribution in [0.4, 0.5) is 0 Å². The van der Waals surface area contributed by atoms with E-state index in [1.807, 2.05) is 44.2 Å². The van der Waals surface area contributed by atoms with Gasteiger partial charge in [-0.05, 0) is 38.2 Å². The molecule has 170 valence electrons. The van der Waals surface area contributed by atoms with Crippen molar-refractivity contribution in [2.45, 2.75) is 45.3 Å². The van der Waals surface area contributed by atoms with Gasteiger partial charge in [0.2, 0.25) is 5.91 Å². The van der Waals surface area contributed by atoms with Crippen LogP contribution < -0.4 is 10.6 Å². The summed E-state index contributed by atoms with van der Waals surface area (Å²) in [5, 5.41) is 16.3. The number of halogens is 1. The first-order valence-electron chi connectivity index (χ1n) is 10.6. The molecule has 7 nitrogen and oxygen atoms in total. The molecule has 30 heavy (non-hydrogen) atoms. The molecule has 2 rings (SSSR count). The van der Waals surface area contributed by atoms with Crippen LogP contribution in [-0.2, 0) is 9.53 Å². The molecule has 2 atom stereocenters. The molecule has 1 aliphatic heterocycles. The summed E-state index contributed by atoms with van der Waals surface area (Å²) in [6, 6.07) is 9.98. The first-order chi connectivity index (χ1) is 14.0. The van der Waals surface area contributed by atoms with Crippen LogP contribution in [0.25, 0.3) is 0 Å². The molecular formula is C22H37IN4O3. The van der Waals surface area contributed by atoms with Crippen LogP contribution in [-0.4, -0.2) is 67.8 Å². The summed E-state index contributed by atoms with van der Waals surface area (Å²) in [6.45, 7) is 7.06. The van der Waals surface area contributed by atoms with Gasteiger partial charge in [0.05, 0.1) is 25.4 Å². The SMILES string of the molecule is CCNC(=NCC(O)COC(C)c1ccccc1)N1CCC(CC(=O)NC)CC1.I. The highest BCUT2D eigenvalue weighted by atomic mass is 127. The predicted molar refractivity (Wildman–Crippen MR) is 131 cm³/mol. The summed E-state index contributed by atoms with van der Waals surface area (Å²) in [6.07, 6.45) is 1.81. The number of benzene rings is 1. The highest BCUT2D eigenvalue weighted by molar-refractivity contribution is 14.0. The third kappa shape index (κ3) is 9.18. The van der Waals surface area contributed by atoms with Crippen molar-refractivity contribution in [2.75, 3.05) is 39.8 Å². The molecule has 1 aliphatic rings. The van der Waals surface area contributed by atoms with Crippen LogP contribution in [0.1, 0.15) is 44.8 Å². The number of nitrogens with zero attached hydrogens (tertiary/aromatic N) is 2. The topological polar surface area (TPSA) is 86.2 Å². The van der Waals surface area contributed by atoms with Gasteiger partial charge in [0, 0.05) is 33.1 Å². The minimum Gasteiger partial charge on any atom is -0.389 e. The van der Waals surface area contributed by atoms with Crippen molar-refractivity contribution in [3.05, 3.63) is 35.9 Å². The van der Waals surface area contributed by atoms with E-state index in [9.17, 15) is 9.90 Å². The van der Waals surface area contributed by atoms with E-state index in [2.05, 4.69) is 20.5 Å². The van der Waals surface area contributed by atoms with Gasteiger partial charge in [-0.15, -0.1) is 24.0 Å². The van der Waals surface area contributed by atoms with Gasteiger partial charge in [-0.1, -0.05) is 30.3 Å². The van der Waals surface area contributed by atoms with E-state index >= 15 is 0 Å². The third-order valence-electron chi connectivity index (χ3n) is 5.26. The first kappa shape index (κ1) is 26.6. The number of piperidine rings is 1. The van der Waals surface area contributed by atoms with Crippen LogP contribution in [0.2, 0.25) is 0 Å². The third-order valence-corrected chi connectivity index (χ3v) is 5.26. The highest BCUT2D eigenvalue weighted by Crippen LogP contribution is 2.20. The van der Waals surface area contributed by atoms with Crippen molar-refractivity contribution in [1.29, 1.82) is 0 Å². The molecule has 0 aliphatic carbocycles. The zero-order valence-corrected chi connectivity index (χ0v) is 20.7. The van der Waals surface area contributed by atoms with Gasteiger partial charge in [-0.2, -0.15) is 0 Å². The lowest BCUT2D eigenvalue weighted by Gasteiger charge is -2.34. The standard InChI is InChI=1S/C22H36N4O3.HI/c1-4-24-22(26-12-10-18(11-13-26)14-21(28)23-3)25-15-20(27)16-29-17(2)19-8-6-5-7-9-19;/h5-9,17-18,20,27H,4,10-16H2,1-3H3,(H,23,28)(H,24,25);1H. The Morgan fingerprint density at radius 1 is 1.30 bits per heavy atom. The predicted octanol–water partition coefficient (Wildman–Crippen LogP) is 2.56. The molecular weight excluding hydrogens is 495 g/mol. The number of guanidine groups is 1. The van der Waals surface area contributed by atoms with Gasteiger partial charge >= 0.3 is 0 Å². The monoisotopic (exact) mass is 532 g/mol. The molecule has 0 bridgehead atoms. The minimum atomic E-state index is -0.652. The van der Waals surface area contributed by atoms with Crippen LogP contribution in [0.5, 0.6) is 0 Å². The Labute approximate surface area is 197 Å². The fraction of sp³-hybridized carbons (Fsp3) is 0.636. The van der Waals surface area contributed by atoms with Crippen molar-refractivity contribution in [1.82, 2.24) is 15.5 Å². The molecule has 3 N–H and O–H groups in total. The number of aliphatic hydroxyl groups excluding tert-OH is 1. The molecule has 2 unspecified atom stereocenters. The normalized spacial score (nSPS) is 17.1. The Kier molecular flexibility index (Phi) is 13.0. The Hall–Kier alpha value is -1.39. The van der Waals surface area contributed by atoms with Crippen LogP contribution in [0, 0.1) is 5.92 Å². The number of rotatable bonds is 9. The molecule has 1 heterocycles. The van der Waals surface area contributed by atoms with Gasteiger partial charge in [0.25, 0.3) is 0 Å². The summed E-state index contributed by atoms with van der Waals surface area (Å²) in [5.41, 5.74) is 1.09. The van der Waals surface area contributed by atoms with Crippen molar-refractivity contribution < 1.29 is 14.6 Å². The van der Waals surface area contributed by atoms with E-state index < -0.39 is 6.10 Å². The van der Waals surface area contributed by atoms with Gasteiger partial charge < -0.3 is 25.4 Å². The summed E-state index contributed by atoms with van der Waals surface area (Å²) in [4.78, 5) is 18.4. The number of aliphatic imine (C=N–C) groups is 1. The van der Waals surface area contributed by atoms with E-state index in [-0.39, 0.29) is 42.6 Å². The summed E-state index contributed by atoms with van der Waals surface area (Å²) < 4.78 is 5.80. The first-order valence-corrected chi connectivity index (χ1v) is 10.6. The lowest BCUT2D eigenvalue weighted by Crippen LogP contribution is -2.46. The van der Waals surface area contributed by atoms with E-state index in [4.69, 9.17) is 4.74 Å². The molecule has 1 amide bonds. The molecule has 0 saturated carbocycles. The Morgan fingerprint density at radius 3 is 2.57 bits per heavy atom. The van der Waals surface area contributed by atoms with E-state index in [0.29, 0.717) is 18.9 Å². The van der Waals surface area contributed by atoms with Crippen molar-refractivity contribution in [2.24, 2.45) is 10.9 Å². The van der Waals surface area contributed by atoms with Gasteiger partial charge in [0.15, 0.2) is 5.96 Å². The number of aliphatic hydroxyl groups is 1. The van der Waals surface area contributed by atoms with Gasteiger partial charge in [0.1, 0.15) is 0 Å². The fourth-order valence-electron chi connectivity index (χ4n) is 3.46. The average molecular weight is 532 g/mol. The van der Waals surface area contributed by atoms with Gasteiger partial charge in [-0.25, -0.2) is 0 Å². The highest BCUT2D eigenvalue weighted by Gasteiger charge is 2.23. The Morgan fingerprint density at radius 2 is 1.97 bits per heavy atom. The number of carbonyl (C=O) groups is 1. The van der Waals surface area contributed by atoms with Crippen molar-refractivity contribution >= 4 is 35.8 Å². The molecule has 1 aromatic carbocycles. The number of carbonyl (C=O) groups excluding carboxylic acids is 1. The largest absolute Gasteiger partial charge is 0.389 e. The van der Waals surface area contributed by atoms with Crippen LogP contribution in [0.15, 0.2) is 35.3 Å². The summed E-state index contributed by atoms with van der Waals surface area (Å²) in [5.74, 6) is 1.35. The summed E-state index contributed by atoms with van der Waals surface area (Å²) in [7, 11) is 1.68. The van der Waals surface area contributed by atoms with Crippen LogP contribution in [0.3, 0.4) is 0 Å². The number of amides is 1. The lowest BCUT2D eigenvalue weighted by molar-refractivity contribution is -0.121. The maximum atomic E-state index is 11.6. The molecule has 0 radical (unpaired) electrons. The Balaban J connectivity index is 0.00000450. The van der Waals surface area contributed by atoms with Crippen LogP contribution >= 0.6 is 24.0 Å². The number of likely N-dealkylation sites (tertiary alicyclic amines) is 1. The lowest BCUT2D eigenvalue weighted by atomic mass is 9.93. The molecule has 1 fully saturated rings. The van der Waals surface area contributed by atoms with E-state index in [1.165, 1.54) is 0 Å². The smallest absolute Gasteiger partial charge is 0.220 e. The fourth-order valence-corrected chi connectivity index (χ4v) is 3.46. The second-order valence-electron chi connectivity index (χ2n) is 7.54. The maximum absolute atomic E-state index is 11.6. The van der Waals surface area contributed by atoms with Crippen molar-refractivity contribution in [3.8, 4) is 0 Å². The number of hydrogen-bond acceptors (Lipinski definition) is 4. The minimum absolute atomic E-state index is 0. The molecule has 0 spiro atoms. The second-order valence-corrected chi connectivity index (χ2v) is 7.54. The summed E-state index contributed by atoms with van der Waals surface area (Å²) >= 11 is 0. The molecule has 1 aromatic rings. The van der Waals surface area contributed by atoms with Gasteiger partial charge in [-0.3, -0.25) is 9.79 Å². The number of nitrogens with one attached hydrogen (secondary N) is 2. The zero-order chi connectivity index (χ0) is 21.1. The quantitative estimate of drug-likeness (QED) is 0.259. The molecule has 1 saturated heterocycles. The second kappa shape index (κ2) is 14.6. The Bertz CT molecular complexity index is 637.